The number of aliphatic hydroxyl groups is 1. The molecule has 1 saturated heterocycles. The monoisotopic (exact) mass is 452 g/mol. The highest BCUT2D eigenvalue weighted by molar-refractivity contribution is 6.51. The lowest BCUT2D eigenvalue weighted by Crippen LogP contribution is -2.29. The highest BCUT2D eigenvalue weighted by Crippen LogP contribution is 2.42. The molecule has 0 radical (unpaired) electrons. The van der Waals surface area contributed by atoms with Gasteiger partial charge in [-0.2, -0.15) is 0 Å². The number of aryl methyl sites for hydroxylation is 1. The Labute approximate surface area is 188 Å². The highest BCUT2D eigenvalue weighted by atomic mass is 35.5. The number of carbonyl (C=O) groups is 2. The molecule has 32 heavy (non-hydrogen) atoms. The molecular formula is C24H18ClFN2O4. The van der Waals surface area contributed by atoms with Crippen LogP contribution in [0.25, 0.3) is 5.76 Å². The summed E-state index contributed by atoms with van der Waals surface area (Å²) in [7, 11) is 1.53. The molecule has 162 valence electrons. The van der Waals surface area contributed by atoms with Crippen molar-refractivity contribution < 1.29 is 23.8 Å². The number of hydrogen-bond acceptors (Lipinski definition) is 5. The van der Waals surface area contributed by atoms with E-state index in [0.717, 1.165) is 11.6 Å². The number of amides is 1. The van der Waals surface area contributed by atoms with E-state index in [-0.39, 0.29) is 22.0 Å². The quantitative estimate of drug-likeness (QED) is 0.349. The second-order valence-corrected chi connectivity index (χ2v) is 7.64. The fourth-order valence-corrected chi connectivity index (χ4v) is 3.95. The van der Waals surface area contributed by atoms with Crippen LogP contribution < -0.4 is 9.64 Å². The van der Waals surface area contributed by atoms with E-state index < -0.39 is 23.5 Å². The molecule has 1 aliphatic rings. The van der Waals surface area contributed by atoms with E-state index in [1.54, 1.807) is 37.3 Å². The molecular weight excluding hydrogens is 435 g/mol. The molecule has 2 heterocycles. The van der Waals surface area contributed by atoms with Crippen molar-refractivity contribution in [2.75, 3.05) is 12.0 Å². The van der Waals surface area contributed by atoms with Crippen LogP contribution in [0.3, 0.4) is 0 Å². The first kappa shape index (κ1) is 21.5. The molecule has 1 fully saturated rings. The second kappa shape index (κ2) is 8.43. The van der Waals surface area contributed by atoms with Crippen LogP contribution >= 0.6 is 11.6 Å². The molecule has 4 rings (SSSR count). The molecule has 0 saturated carbocycles. The number of carbonyl (C=O) groups excluding carboxylic acids is 2. The van der Waals surface area contributed by atoms with Crippen LogP contribution in [-0.2, 0) is 9.59 Å². The number of ketones is 1. The second-order valence-electron chi connectivity index (χ2n) is 7.23. The van der Waals surface area contributed by atoms with Gasteiger partial charge in [0, 0.05) is 23.6 Å². The Morgan fingerprint density at radius 2 is 1.84 bits per heavy atom. The number of hydrogen-bond donors (Lipinski definition) is 1. The van der Waals surface area contributed by atoms with Crippen molar-refractivity contribution in [1.29, 1.82) is 0 Å². The lowest BCUT2D eigenvalue weighted by molar-refractivity contribution is -0.132. The number of aliphatic hydroxyl groups excluding tert-OH is 1. The minimum atomic E-state index is -0.957. The molecule has 0 spiro atoms. The van der Waals surface area contributed by atoms with E-state index in [1.165, 1.54) is 36.5 Å². The zero-order valence-corrected chi connectivity index (χ0v) is 17.9. The Bertz CT molecular complexity index is 1260. The van der Waals surface area contributed by atoms with Crippen molar-refractivity contribution in [2.24, 2.45) is 0 Å². The molecule has 6 nitrogen and oxygen atoms in total. The average Bonchev–Trinajstić information content (AvgIpc) is 3.06. The summed E-state index contributed by atoms with van der Waals surface area (Å²) in [6, 6.07) is 11.0. The largest absolute Gasteiger partial charge is 0.507 e. The number of ether oxygens (including phenoxy) is 1. The maximum Gasteiger partial charge on any atom is 0.300 e. The van der Waals surface area contributed by atoms with Gasteiger partial charge < -0.3 is 9.84 Å². The first-order valence-electron chi connectivity index (χ1n) is 9.64. The predicted molar refractivity (Wildman–Crippen MR) is 118 cm³/mol. The third-order valence-corrected chi connectivity index (χ3v) is 5.61. The van der Waals surface area contributed by atoms with Gasteiger partial charge in [-0.15, -0.1) is 0 Å². The molecule has 8 heteroatoms. The number of benzene rings is 2. The van der Waals surface area contributed by atoms with Gasteiger partial charge in [0.05, 0.1) is 23.7 Å². The van der Waals surface area contributed by atoms with Crippen LogP contribution in [0, 0.1) is 12.7 Å². The van der Waals surface area contributed by atoms with Crippen LogP contribution in [-0.4, -0.2) is 28.9 Å². The number of Topliss-reactive ketones (excluding diaryl/α,β-unsaturated/α-hetero) is 1. The van der Waals surface area contributed by atoms with Crippen LogP contribution in [0.4, 0.5) is 10.1 Å². The van der Waals surface area contributed by atoms with Gasteiger partial charge in [-0.05, 0) is 66.6 Å². The SMILES string of the molecule is COc1ccc(/C(O)=C2\C(=O)C(=O)N(c3ccc(F)c(Cl)c3)C2c2ccncc2)cc1C. The number of halogens is 2. The van der Waals surface area contributed by atoms with Crippen molar-refractivity contribution >= 4 is 34.7 Å². The van der Waals surface area contributed by atoms with Gasteiger partial charge in [0.15, 0.2) is 0 Å². The number of anilines is 1. The zero-order valence-electron chi connectivity index (χ0n) is 17.2. The molecule has 1 aromatic heterocycles. The van der Waals surface area contributed by atoms with Crippen LogP contribution in [0.15, 0.2) is 66.5 Å². The number of pyridine rings is 1. The minimum Gasteiger partial charge on any atom is -0.507 e. The van der Waals surface area contributed by atoms with Crippen LogP contribution in [0.5, 0.6) is 5.75 Å². The van der Waals surface area contributed by atoms with E-state index in [2.05, 4.69) is 4.98 Å². The molecule has 2 aromatic carbocycles. The van der Waals surface area contributed by atoms with Crippen molar-refractivity contribution in [1.82, 2.24) is 4.98 Å². The number of nitrogens with zero attached hydrogens (tertiary/aromatic N) is 2. The van der Waals surface area contributed by atoms with Crippen molar-refractivity contribution in [3.8, 4) is 5.75 Å². The van der Waals surface area contributed by atoms with Gasteiger partial charge >= 0.3 is 0 Å². The van der Waals surface area contributed by atoms with Gasteiger partial charge in [0.2, 0.25) is 0 Å². The van der Waals surface area contributed by atoms with Gasteiger partial charge in [-0.3, -0.25) is 19.5 Å². The number of rotatable bonds is 4. The van der Waals surface area contributed by atoms with E-state index in [1.807, 2.05) is 0 Å². The fourth-order valence-electron chi connectivity index (χ4n) is 3.78. The fraction of sp³-hybridized carbons (Fsp3) is 0.125. The molecule has 1 atom stereocenters. The highest BCUT2D eigenvalue weighted by Gasteiger charge is 2.47. The van der Waals surface area contributed by atoms with Crippen LogP contribution in [0.1, 0.15) is 22.7 Å². The molecule has 3 aromatic rings. The summed E-state index contributed by atoms with van der Waals surface area (Å²) < 4.78 is 19.0. The van der Waals surface area contributed by atoms with E-state index >= 15 is 0 Å². The standard InChI is InChI=1S/C24H18ClFN2O4/c1-13-11-15(3-6-19(13)32-2)22(29)20-21(14-7-9-27-10-8-14)28(24(31)23(20)30)16-4-5-18(26)17(25)12-16/h3-12,21,29H,1-2H3/b22-20+. The normalized spacial score (nSPS) is 17.6. The average molecular weight is 453 g/mol. The first-order chi connectivity index (χ1) is 15.3. The van der Waals surface area contributed by atoms with Gasteiger partial charge in [-0.1, -0.05) is 11.6 Å². The summed E-state index contributed by atoms with van der Waals surface area (Å²) in [4.78, 5) is 31.3. The van der Waals surface area contributed by atoms with Gasteiger partial charge in [0.25, 0.3) is 11.7 Å². The molecule has 0 bridgehead atoms. The zero-order chi connectivity index (χ0) is 23.0. The van der Waals surface area contributed by atoms with Gasteiger partial charge in [-0.25, -0.2) is 4.39 Å². The van der Waals surface area contributed by atoms with Crippen molar-refractivity contribution in [3.05, 3.63) is 94.0 Å². The van der Waals surface area contributed by atoms with Crippen molar-refractivity contribution in [2.45, 2.75) is 13.0 Å². The molecule has 1 amide bonds. The summed E-state index contributed by atoms with van der Waals surface area (Å²) in [6.45, 7) is 1.80. The predicted octanol–water partition coefficient (Wildman–Crippen LogP) is 4.82. The van der Waals surface area contributed by atoms with Gasteiger partial charge in [0.1, 0.15) is 17.3 Å². The van der Waals surface area contributed by atoms with E-state index in [9.17, 15) is 19.1 Å². The Hall–Kier alpha value is -3.71. The lowest BCUT2D eigenvalue weighted by Gasteiger charge is -2.25. The summed E-state index contributed by atoms with van der Waals surface area (Å²) >= 11 is 5.93. The molecule has 1 aliphatic heterocycles. The number of methoxy groups -OCH3 is 1. The summed E-state index contributed by atoms with van der Waals surface area (Å²) in [5.41, 5.74) is 1.79. The smallest absolute Gasteiger partial charge is 0.300 e. The summed E-state index contributed by atoms with van der Waals surface area (Å²) in [5.74, 6) is -2.08. The maximum atomic E-state index is 13.7. The third kappa shape index (κ3) is 3.61. The Balaban J connectivity index is 1.94. The summed E-state index contributed by atoms with van der Waals surface area (Å²) in [6.07, 6.45) is 3.04. The topological polar surface area (TPSA) is 79.7 Å². The Morgan fingerprint density at radius 1 is 1.12 bits per heavy atom. The summed E-state index contributed by atoms with van der Waals surface area (Å²) in [5, 5.41) is 10.9. The van der Waals surface area contributed by atoms with E-state index in [4.69, 9.17) is 16.3 Å². The Morgan fingerprint density at radius 3 is 2.47 bits per heavy atom. The van der Waals surface area contributed by atoms with E-state index in [0.29, 0.717) is 16.9 Å². The Kier molecular flexibility index (Phi) is 5.67. The lowest BCUT2D eigenvalue weighted by atomic mass is 9.95. The minimum absolute atomic E-state index is 0.0915. The molecule has 1 unspecified atom stereocenters. The molecule has 0 aliphatic carbocycles. The first-order valence-corrected chi connectivity index (χ1v) is 10.0. The van der Waals surface area contributed by atoms with Crippen molar-refractivity contribution in [3.63, 3.8) is 0 Å². The maximum absolute atomic E-state index is 13.7. The van der Waals surface area contributed by atoms with Crippen LogP contribution in [0.2, 0.25) is 5.02 Å². The molecule has 1 N–H and O–H groups in total. The third-order valence-electron chi connectivity index (χ3n) is 5.32. The number of aromatic nitrogens is 1.